The van der Waals surface area contributed by atoms with E-state index < -0.39 is 12.6 Å². The zero-order chi connectivity index (χ0) is 16.2. The number of unbranched alkanes of at least 4 members (excludes halogenated alkanes) is 4. The Kier molecular flexibility index (Phi) is 11.1. The lowest BCUT2D eigenvalue weighted by atomic mass is 9.95. The monoisotopic (exact) mass is 316 g/mol. The fourth-order valence-corrected chi connectivity index (χ4v) is 3.02. The van der Waals surface area contributed by atoms with Crippen LogP contribution in [0.15, 0.2) is 0 Å². The molecule has 0 amide bonds. The fraction of sp³-hybridized carbons (Fsp3) is 1.00. The van der Waals surface area contributed by atoms with Crippen LogP contribution in [0, 0.1) is 0 Å². The van der Waals surface area contributed by atoms with E-state index in [0.29, 0.717) is 0 Å². The Bertz CT molecular complexity index is 225. The lowest BCUT2D eigenvalue weighted by Gasteiger charge is -2.31. The van der Waals surface area contributed by atoms with E-state index in [4.69, 9.17) is 9.47 Å². The first-order valence-corrected chi connectivity index (χ1v) is 9.32. The van der Waals surface area contributed by atoms with Gasteiger partial charge in [-0.1, -0.05) is 39.5 Å². The van der Waals surface area contributed by atoms with Crippen LogP contribution in [0.25, 0.3) is 0 Å². The van der Waals surface area contributed by atoms with E-state index >= 15 is 0 Å². The predicted molar refractivity (Wildman–Crippen MR) is 88.5 cm³/mol. The number of hydrogen-bond donors (Lipinski definition) is 2. The summed E-state index contributed by atoms with van der Waals surface area (Å²) in [7, 11) is 0. The lowest BCUT2D eigenvalue weighted by molar-refractivity contribution is -0.178. The van der Waals surface area contributed by atoms with E-state index in [1.807, 2.05) is 0 Å². The highest BCUT2D eigenvalue weighted by Crippen LogP contribution is 2.26. The van der Waals surface area contributed by atoms with Gasteiger partial charge in [0.25, 0.3) is 0 Å². The third-order valence-electron chi connectivity index (χ3n) is 4.43. The zero-order valence-electron chi connectivity index (χ0n) is 14.5. The van der Waals surface area contributed by atoms with Crippen LogP contribution in [0.2, 0.25) is 0 Å². The molecule has 0 bridgehead atoms. The maximum absolute atomic E-state index is 9.87. The molecule has 0 saturated heterocycles. The van der Waals surface area contributed by atoms with Gasteiger partial charge in [-0.2, -0.15) is 0 Å². The quantitative estimate of drug-likeness (QED) is 0.420. The number of rotatable bonds is 12. The van der Waals surface area contributed by atoms with E-state index in [2.05, 4.69) is 13.8 Å². The minimum atomic E-state index is -0.617. The van der Waals surface area contributed by atoms with Crippen molar-refractivity contribution in [3.63, 3.8) is 0 Å². The van der Waals surface area contributed by atoms with Crippen LogP contribution in [-0.2, 0) is 9.47 Å². The summed E-state index contributed by atoms with van der Waals surface area (Å²) in [5.74, 6) is 0. The van der Waals surface area contributed by atoms with Crippen molar-refractivity contribution in [2.75, 3.05) is 0 Å². The van der Waals surface area contributed by atoms with E-state index in [1.165, 1.54) is 0 Å². The summed E-state index contributed by atoms with van der Waals surface area (Å²) in [5, 5.41) is 19.7. The van der Waals surface area contributed by atoms with Gasteiger partial charge in [-0.15, -0.1) is 0 Å². The maximum Gasteiger partial charge on any atom is 0.154 e. The molecule has 22 heavy (non-hydrogen) atoms. The van der Waals surface area contributed by atoms with Crippen LogP contribution in [-0.4, -0.2) is 35.0 Å². The molecule has 0 aromatic rings. The van der Waals surface area contributed by atoms with Gasteiger partial charge >= 0.3 is 0 Å². The topological polar surface area (TPSA) is 58.9 Å². The van der Waals surface area contributed by atoms with Gasteiger partial charge in [0.1, 0.15) is 0 Å². The van der Waals surface area contributed by atoms with Gasteiger partial charge in [-0.25, -0.2) is 0 Å². The van der Waals surface area contributed by atoms with Crippen LogP contribution in [0.1, 0.15) is 90.9 Å². The molecule has 0 aromatic heterocycles. The van der Waals surface area contributed by atoms with Crippen LogP contribution in [0.4, 0.5) is 0 Å². The van der Waals surface area contributed by atoms with Crippen LogP contribution < -0.4 is 0 Å². The summed E-state index contributed by atoms with van der Waals surface area (Å²) >= 11 is 0. The zero-order valence-corrected chi connectivity index (χ0v) is 14.5. The first kappa shape index (κ1) is 19.9. The van der Waals surface area contributed by atoms with Crippen molar-refractivity contribution in [3.8, 4) is 0 Å². The van der Waals surface area contributed by atoms with Crippen molar-refractivity contribution in [1.29, 1.82) is 0 Å². The van der Waals surface area contributed by atoms with Gasteiger partial charge < -0.3 is 19.7 Å². The first-order valence-electron chi connectivity index (χ1n) is 9.32. The lowest BCUT2D eigenvalue weighted by Crippen LogP contribution is -2.32. The Hall–Kier alpha value is -0.160. The summed E-state index contributed by atoms with van der Waals surface area (Å²) in [6, 6.07) is 0. The molecular formula is C18H36O4. The average Bonchev–Trinajstić information content (AvgIpc) is 2.50. The summed E-state index contributed by atoms with van der Waals surface area (Å²) in [6.07, 6.45) is 10.9. The SMILES string of the molecule is CCCCCC(O)OC1CCC(OC(O)CCCCC)CC1. The minimum absolute atomic E-state index is 0.147. The highest BCUT2D eigenvalue weighted by atomic mass is 16.6. The highest BCUT2D eigenvalue weighted by Gasteiger charge is 2.25. The molecule has 0 spiro atoms. The molecule has 2 unspecified atom stereocenters. The highest BCUT2D eigenvalue weighted by molar-refractivity contribution is 4.74. The Labute approximate surface area is 136 Å². The number of aliphatic hydroxyl groups is 2. The van der Waals surface area contributed by atoms with E-state index in [-0.39, 0.29) is 12.2 Å². The summed E-state index contributed by atoms with van der Waals surface area (Å²) < 4.78 is 11.4. The minimum Gasteiger partial charge on any atom is -0.368 e. The van der Waals surface area contributed by atoms with Gasteiger partial charge in [0.15, 0.2) is 12.6 Å². The van der Waals surface area contributed by atoms with Crippen molar-refractivity contribution < 1.29 is 19.7 Å². The molecule has 0 aliphatic heterocycles. The summed E-state index contributed by atoms with van der Waals surface area (Å²) in [6.45, 7) is 4.32. The Morgan fingerprint density at radius 3 is 1.41 bits per heavy atom. The molecule has 132 valence electrons. The molecular weight excluding hydrogens is 280 g/mol. The van der Waals surface area contributed by atoms with Crippen molar-refractivity contribution in [3.05, 3.63) is 0 Å². The van der Waals surface area contributed by atoms with Crippen molar-refractivity contribution >= 4 is 0 Å². The smallest absolute Gasteiger partial charge is 0.154 e. The first-order chi connectivity index (χ1) is 10.7. The molecule has 0 heterocycles. The molecule has 0 aromatic carbocycles. The number of hydrogen-bond acceptors (Lipinski definition) is 4. The Balaban J connectivity index is 2.09. The van der Waals surface area contributed by atoms with E-state index in [0.717, 1.165) is 77.0 Å². The molecule has 1 fully saturated rings. The summed E-state index contributed by atoms with van der Waals surface area (Å²) in [4.78, 5) is 0. The average molecular weight is 316 g/mol. The Morgan fingerprint density at radius 2 is 1.09 bits per heavy atom. The summed E-state index contributed by atoms with van der Waals surface area (Å²) in [5.41, 5.74) is 0. The van der Waals surface area contributed by atoms with Crippen LogP contribution >= 0.6 is 0 Å². The molecule has 1 rings (SSSR count). The molecule has 1 aliphatic carbocycles. The van der Waals surface area contributed by atoms with Crippen molar-refractivity contribution in [2.24, 2.45) is 0 Å². The van der Waals surface area contributed by atoms with Crippen LogP contribution in [0.5, 0.6) is 0 Å². The van der Waals surface area contributed by atoms with Crippen molar-refractivity contribution in [1.82, 2.24) is 0 Å². The molecule has 2 atom stereocenters. The second-order valence-electron chi connectivity index (χ2n) is 6.57. The second-order valence-corrected chi connectivity index (χ2v) is 6.57. The number of aliphatic hydroxyl groups excluding tert-OH is 2. The van der Waals surface area contributed by atoms with Gasteiger partial charge in [-0.05, 0) is 51.4 Å². The van der Waals surface area contributed by atoms with Gasteiger partial charge in [0, 0.05) is 0 Å². The predicted octanol–water partition coefficient (Wildman–Crippen LogP) is 4.13. The van der Waals surface area contributed by atoms with Crippen LogP contribution in [0.3, 0.4) is 0 Å². The van der Waals surface area contributed by atoms with Gasteiger partial charge in [0.2, 0.25) is 0 Å². The van der Waals surface area contributed by atoms with Gasteiger partial charge in [-0.3, -0.25) is 0 Å². The molecule has 0 radical (unpaired) electrons. The molecule has 2 N–H and O–H groups in total. The van der Waals surface area contributed by atoms with E-state index in [1.54, 1.807) is 0 Å². The molecule has 1 saturated carbocycles. The largest absolute Gasteiger partial charge is 0.368 e. The molecule has 4 heteroatoms. The Morgan fingerprint density at radius 1 is 0.727 bits per heavy atom. The standard InChI is InChI=1S/C18H36O4/c1-3-5-7-9-17(19)21-15-11-13-16(14-12-15)22-18(20)10-8-6-4-2/h15-20H,3-14H2,1-2H3. The molecule has 1 aliphatic rings. The normalized spacial score (nSPS) is 25.1. The van der Waals surface area contributed by atoms with Crippen molar-refractivity contribution in [2.45, 2.75) is 116 Å². The third-order valence-corrected chi connectivity index (χ3v) is 4.43. The second kappa shape index (κ2) is 12.3. The van der Waals surface area contributed by atoms with Gasteiger partial charge in [0.05, 0.1) is 12.2 Å². The van der Waals surface area contributed by atoms with E-state index in [9.17, 15) is 10.2 Å². The number of ether oxygens (including phenoxy) is 2. The maximum atomic E-state index is 9.87. The molecule has 4 nitrogen and oxygen atoms in total. The fourth-order valence-electron chi connectivity index (χ4n) is 3.02. The third kappa shape index (κ3) is 9.09.